The van der Waals surface area contributed by atoms with Crippen LogP contribution in [0.25, 0.3) is 0 Å². The molecule has 2 atom stereocenters. The van der Waals surface area contributed by atoms with Crippen molar-refractivity contribution in [1.82, 2.24) is 5.32 Å². The van der Waals surface area contributed by atoms with Crippen LogP contribution in [0.3, 0.4) is 0 Å². The third kappa shape index (κ3) is 2.38. The van der Waals surface area contributed by atoms with Crippen molar-refractivity contribution in [1.29, 1.82) is 0 Å². The number of alkyl halides is 1. The fourth-order valence-electron chi connectivity index (χ4n) is 2.51. The fourth-order valence-corrected chi connectivity index (χ4v) is 2.87. The number of hydrogen-bond acceptors (Lipinski definition) is 1. The van der Waals surface area contributed by atoms with Gasteiger partial charge in [0.2, 0.25) is 0 Å². The molecule has 0 saturated heterocycles. The zero-order chi connectivity index (χ0) is 9.10. The van der Waals surface area contributed by atoms with Gasteiger partial charge in [-0.1, -0.05) is 12.8 Å². The maximum Gasteiger partial charge on any atom is 0.0266 e. The summed E-state index contributed by atoms with van der Waals surface area (Å²) in [4.78, 5) is 0. The maximum atomic E-state index is 5.93. The molecular formula is C11H20ClN. The Labute approximate surface area is 86.2 Å². The molecule has 0 amide bonds. The minimum Gasteiger partial charge on any atom is -0.313 e. The summed E-state index contributed by atoms with van der Waals surface area (Å²) >= 11 is 5.93. The molecular weight excluding hydrogens is 182 g/mol. The van der Waals surface area contributed by atoms with Gasteiger partial charge in [-0.05, 0) is 44.1 Å². The van der Waals surface area contributed by atoms with E-state index in [1.807, 2.05) is 0 Å². The highest BCUT2D eigenvalue weighted by atomic mass is 35.5. The van der Waals surface area contributed by atoms with Crippen LogP contribution < -0.4 is 5.32 Å². The van der Waals surface area contributed by atoms with Gasteiger partial charge in [-0.3, -0.25) is 0 Å². The van der Waals surface area contributed by atoms with Gasteiger partial charge in [0.1, 0.15) is 0 Å². The summed E-state index contributed by atoms with van der Waals surface area (Å²) in [6, 6.07) is 0.734. The van der Waals surface area contributed by atoms with Gasteiger partial charge in [-0.15, -0.1) is 11.6 Å². The monoisotopic (exact) mass is 201 g/mol. The van der Waals surface area contributed by atoms with Gasteiger partial charge >= 0.3 is 0 Å². The molecule has 76 valence electrons. The summed E-state index contributed by atoms with van der Waals surface area (Å²) in [6.07, 6.45) is 8.42. The fraction of sp³-hybridized carbons (Fsp3) is 1.00. The lowest BCUT2D eigenvalue weighted by molar-refractivity contribution is 0.278. The van der Waals surface area contributed by atoms with Gasteiger partial charge in [-0.2, -0.15) is 0 Å². The van der Waals surface area contributed by atoms with Crippen molar-refractivity contribution in [3.8, 4) is 0 Å². The van der Waals surface area contributed by atoms with Crippen LogP contribution in [0.4, 0.5) is 0 Å². The van der Waals surface area contributed by atoms with Crippen LogP contribution in [0.2, 0.25) is 0 Å². The maximum absolute atomic E-state index is 5.93. The molecule has 0 aromatic heterocycles. The Morgan fingerprint density at radius 3 is 2.46 bits per heavy atom. The zero-order valence-electron chi connectivity index (χ0n) is 8.27. The van der Waals surface area contributed by atoms with Crippen molar-refractivity contribution in [3.05, 3.63) is 0 Å². The first-order chi connectivity index (χ1) is 6.40. The summed E-state index contributed by atoms with van der Waals surface area (Å²) in [7, 11) is 0. The van der Waals surface area contributed by atoms with Crippen LogP contribution in [0.1, 0.15) is 38.5 Å². The van der Waals surface area contributed by atoms with Crippen LogP contribution in [-0.4, -0.2) is 18.5 Å². The Morgan fingerprint density at radius 1 is 1.08 bits per heavy atom. The highest BCUT2D eigenvalue weighted by molar-refractivity contribution is 6.18. The molecule has 0 aliphatic heterocycles. The van der Waals surface area contributed by atoms with Gasteiger partial charge in [-0.25, -0.2) is 0 Å². The van der Waals surface area contributed by atoms with Crippen molar-refractivity contribution in [2.45, 2.75) is 44.6 Å². The van der Waals surface area contributed by atoms with Crippen LogP contribution in [0.15, 0.2) is 0 Å². The van der Waals surface area contributed by atoms with Crippen LogP contribution in [-0.2, 0) is 0 Å². The highest BCUT2D eigenvalue weighted by Crippen LogP contribution is 2.29. The molecule has 1 N–H and O–H groups in total. The van der Waals surface area contributed by atoms with E-state index < -0.39 is 0 Å². The lowest BCUT2D eigenvalue weighted by Crippen LogP contribution is -2.38. The summed E-state index contributed by atoms with van der Waals surface area (Å²) in [6.45, 7) is 1.25. The van der Waals surface area contributed by atoms with E-state index >= 15 is 0 Å². The normalized spacial score (nSPS) is 34.8. The largest absolute Gasteiger partial charge is 0.313 e. The zero-order valence-corrected chi connectivity index (χ0v) is 9.02. The van der Waals surface area contributed by atoms with E-state index in [9.17, 15) is 0 Å². The molecule has 0 spiro atoms. The molecule has 0 aromatic carbocycles. The second-order valence-electron chi connectivity index (χ2n) is 4.66. The first-order valence-corrected chi connectivity index (χ1v) is 6.23. The topological polar surface area (TPSA) is 12.0 Å². The number of hydrogen-bond donors (Lipinski definition) is 1. The van der Waals surface area contributed by atoms with Gasteiger partial charge in [0.25, 0.3) is 0 Å². The van der Waals surface area contributed by atoms with Gasteiger partial charge in [0.05, 0.1) is 0 Å². The van der Waals surface area contributed by atoms with E-state index in [1.54, 1.807) is 0 Å². The van der Waals surface area contributed by atoms with Crippen molar-refractivity contribution in [2.24, 2.45) is 11.8 Å². The molecule has 2 aliphatic carbocycles. The summed E-state index contributed by atoms with van der Waals surface area (Å²) in [5.41, 5.74) is 0. The van der Waals surface area contributed by atoms with E-state index in [2.05, 4.69) is 5.32 Å². The lowest BCUT2D eigenvalue weighted by atomic mass is 9.85. The first kappa shape index (κ1) is 9.79. The molecule has 0 radical (unpaired) electrons. The molecule has 0 bridgehead atoms. The van der Waals surface area contributed by atoms with Crippen molar-refractivity contribution in [2.75, 3.05) is 12.4 Å². The van der Waals surface area contributed by atoms with E-state index in [1.165, 1.54) is 45.1 Å². The Kier molecular flexibility index (Phi) is 3.51. The predicted molar refractivity (Wildman–Crippen MR) is 57.2 cm³/mol. The second kappa shape index (κ2) is 4.65. The van der Waals surface area contributed by atoms with Gasteiger partial charge in [0.15, 0.2) is 0 Å². The van der Waals surface area contributed by atoms with E-state index in [4.69, 9.17) is 11.6 Å². The van der Waals surface area contributed by atoms with E-state index in [-0.39, 0.29) is 0 Å². The molecule has 2 fully saturated rings. The second-order valence-corrected chi connectivity index (χ2v) is 4.97. The molecule has 2 rings (SSSR count). The molecule has 0 aromatic rings. The third-order valence-corrected chi connectivity index (χ3v) is 4.15. The van der Waals surface area contributed by atoms with Crippen LogP contribution >= 0.6 is 11.6 Å². The molecule has 2 aliphatic rings. The van der Waals surface area contributed by atoms with Gasteiger partial charge in [0, 0.05) is 11.9 Å². The van der Waals surface area contributed by atoms with Gasteiger partial charge < -0.3 is 5.32 Å². The minimum atomic E-state index is 0.734. The quantitative estimate of drug-likeness (QED) is 0.690. The average Bonchev–Trinajstić information content (AvgIpc) is 2.49. The third-order valence-electron chi connectivity index (χ3n) is 3.75. The van der Waals surface area contributed by atoms with E-state index in [0.29, 0.717) is 0 Å². The molecule has 0 heterocycles. The van der Waals surface area contributed by atoms with Crippen molar-refractivity contribution >= 4 is 11.6 Å². The van der Waals surface area contributed by atoms with Crippen molar-refractivity contribution < 1.29 is 0 Å². The molecule has 2 unspecified atom stereocenters. The molecule has 2 saturated carbocycles. The van der Waals surface area contributed by atoms with Crippen LogP contribution in [0.5, 0.6) is 0 Å². The smallest absolute Gasteiger partial charge is 0.0266 e. The number of nitrogens with one attached hydrogen (secondary N) is 1. The minimum absolute atomic E-state index is 0.734. The summed E-state index contributed by atoms with van der Waals surface area (Å²) < 4.78 is 0. The first-order valence-electron chi connectivity index (χ1n) is 5.69. The Hall–Kier alpha value is 0.250. The SMILES string of the molecule is ClCC1CCCC1NCC1CCC1. The highest BCUT2D eigenvalue weighted by Gasteiger charge is 2.27. The van der Waals surface area contributed by atoms with Crippen molar-refractivity contribution in [3.63, 3.8) is 0 Å². The van der Waals surface area contributed by atoms with Crippen LogP contribution in [0, 0.1) is 11.8 Å². The molecule has 1 nitrogen and oxygen atoms in total. The number of halogens is 1. The predicted octanol–water partition coefficient (Wildman–Crippen LogP) is 2.78. The summed E-state index contributed by atoms with van der Waals surface area (Å²) in [5.74, 6) is 2.58. The molecule has 13 heavy (non-hydrogen) atoms. The Balaban J connectivity index is 1.67. The Bertz CT molecular complexity index is 156. The average molecular weight is 202 g/mol. The number of rotatable bonds is 4. The Morgan fingerprint density at radius 2 is 1.85 bits per heavy atom. The van der Waals surface area contributed by atoms with E-state index in [0.717, 1.165) is 23.8 Å². The molecule has 2 heteroatoms. The summed E-state index contributed by atoms with van der Waals surface area (Å²) in [5, 5.41) is 3.70. The standard InChI is InChI=1S/C11H20ClN/c12-7-10-5-2-6-11(10)13-8-9-3-1-4-9/h9-11,13H,1-8H2. The lowest BCUT2D eigenvalue weighted by Gasteiger charge is -2.28.